The van der Waals surface area contributed by atoms with Crippen LogP contribution in [0.2, 0.25) is 0 Å². The van der Waals surface area contributed by atoms with Crippen LogP contribution in [0, 0.1) is 13.8 Å². The number of aryl methyl sites for hydroxylation is 4. The summed E-state index contributed by atoms with van der Waals surface area (Å²) in [6.07, 6.45) is 3.57. The third-order valence-electron chi connectivity index (χ3n) is 3.22. The Morgan fingerprint density at radius 2 is 2.00 bits per heavy atom. The molecule has 3 heteroatoms. The molecule has 2 aromatic heterocycles. The van der Waals surface area contributed by atoms with Crippen molar-refractivity contribution in [1.29, 1.82) is 0 Å². The molecule has 2 heterocycles. The highest BCUT2D eigenvalue weighted by Gasteiger charge is 2.21. The first-order chi connectivity index (χ1) is 8.15. The first kappa shape index (κ1) is 11.2. The van der Waals surface area contributed by atoms with Crippen LogP contribution in [-0.2, 0) is 12.8 Å². The maximum atomic E-state index is 12.4. The van der Waals surface area contributed by atoms with Crippen LogP contribution in [0.25, 0.3) is 0 Å². The Morgan fingerprint density at radius 3 is 2.65 bits per heavy atom. The average Bonchev–Trinajstić information content (AvgIpc) is 2.90. The standard InChI is InChI=1S/C14H14OS2/c1-8-6-9(2)16-14(8)13(15)12-7-10-4-3-5-11(10)17-12/h6-7H,3-5H2,1-2H3. The smallest absolute Gasteiger partial charge is 0.213 e. The lowest BCUT2D eigenvalue weighted by molar-refractivity contribution is 0.104. The fourth-order valence-electron chi connectivity index (χ4n) is 2.42. The van der Waals surface area contributed by atoms with E-state index in [9.17, 15) is 4.79 Å². The van der Waals surface area contributed by atoms with Gasteiger partial charge in [0.2, 0.25) is 5.78 Å². The lowest BCUT2D eigenvalue weighted by Gasteiger charge is -1.96. The van der Waals surface area contributed by atoms with Gasteiger partial charge in [0, 0.05) is 9.75 Å². The molecule has 88 valence electrons. The zero-order valence-corrected chi connectivity index (χ0v) is 11.6. The third-order valence-corrected chi connectivity index (χ3v) is 5.60. The van der Waals surface area contributed by atoms with Crippen molar-refractivity contribution in [1.82, 2.24) is 0 Å². The van der Waals surface area contributed by atoms with E-state index in [1.165, 1.54) is 21.7 Å². The Balaban J connectivity index is 1.98. The van der Waals surface area contributed by atoms with Crippen molar-refractivity contribution < 1.29 is 4.79 Å². The Hall–Kier alpha value is -0.930. The molecule has 0 bridgehead atoms. The fourth-order valence-corrected chi connectivity index (χ4v) is 4.66. The van der Waals surface area contributed by atoms with Gasteiger partial charge in [0.25, 0.3) is 0 Å². The molecule has 0 fully saturated rings. The maximum absolute atomic E-state index is 12.4. The van der Waals surface area contributed by atoms with E-state index in [4.69, 9.17) is 0 Å². The molecule has 0 aliphatic heterocycles. The molecule has 1 aliphatic carbocycles. The summed E-state index contributed by atoms with van der Waals surface area (Å²) in [5.41, 5.74) is 2.52. The zero-order chi connectivity index (χ0) is 12.0. The maximum Gasteiger partial charge on any atom is 0.213 e. The van der Waals surface area contributed by atoms with E-state index in [0.717, 1.165) is 28.2 Å². The monoisotopic (exact) mass is 262 g/mol. The molecule has 0 aromatic carbocycles. The summed E-state index contributed by atoms with van der Waals surface area (Å²) < 4.78 is 0. The van der Waals surface area contributed by atoms with Gasteiger partial charge in [-0.3, -0.25) is 4.79 Å². The molecule has 0 saturated carbocycles. The number of thiophene rings is 2. The zero-order valence-electron chi connectivity index (χ0n) is 10.0. The van der Waals surface area contributed by atoms with Crippen molar-refractivity contribution >= 4 is 28.5 Å². The van der Waals surface area contributed by atoms with Crippen molar-refractivity contribution in [3.05, 3.63) is 42.8 Å². The van der Waals surface area contributed by atoms with E-state index in [1.807, 2.05) is 6.92 Å². The predicted molar refractivity (Wildman–Crippen MR) is 73.6 cm³/mol. The first-order valence-electron chi connectivity index (χ1n) is 5.88. The Bertz CT molecular complexity index is 568. The molecule has 0 radical (unpaired) electrons. The molecular weight excluding hydrogens is 248 g/mol. The highest BCUT2D eigenvalue weighted by atomic mass is 32.1. The van der Waals surface area contributed by atoms with Crippen LogP contribution in [-0.4, -0.2) is 5.78 Å². The minimum Gasteiger partial charge on any atom is -0.287 e. The third kappa shape index (κ3) is 1.87. The summed E-state index contributed by atoms with van der Waals surface area (Å²) in [6, 6.07) is 4.21. The number of hydrogen-bond acceptors (Lipinski definition) is 3. The Morgan fingerprint density at radius 1 is 1.18 bits per heavy atom. The highest BCUT2D eigenvalue weighted by Crippen LogP contribution is 2.33. The van der Waals surface area contributed by atoms with Gasteiger partial charge in [0.1, 0.15) is 0 Å². The lowest BCUT2D eigenvalue weighted by Crippen LogP contribution is -1.97. The largest absolute Gasteiger partial charge is 0.287 e. The van der Waals surface area contributed by atoms with Gasteiger partial charge in [-0.1, -0.05) is 0 Å². The molecule has 0 N–H and O–H groups in total. The normalized spacial score (nSPS) is 14.0. The fraction of sp³-hybridized carbons (Fsp3) is 0.357. The number of rotatable bonds is 2. The molecule has 1 nitrogen and oxygen atoms in total. The van der Waals surface area contributed by atoms with Gasteiger partial charge in [-0.25, -0.2) is 0 Å². The molecule has 1 aliphatic rings. The van der Waals surface area contributed by atoms with Crippen LogP contribution in [0.3, 0.4) is 0 Å². The molecule has 0 amide bonds. The molecule has 2 aromatic rings. The van der Waals surface area contributed by atoms with Crippen LogP contribution in [0.4, 0.5) is 0 Å². The highest BCUT2D eigenvalue weighted by molar-refractivity contribution is 7.17. The van der Waals surface area contributed by atoms with Crippen LogP contribution in [0.5, 0.6) is 0 Å². The van der Waals surface area contributed by atoms with Crippen molar-refractivity contribution in [3.63, 3.8) is 0 Å². The number of carbonyl (C=O) groups excluding carboxylic acids is 1. The number of carbonyl (C=O) groups is 1. The summed E-state index contributed by atoms with van der Waals surface area (Å²) >= 11 is 3.32. The molecule has 17 heavy (non-hydrogen) atoms. The van der Waals surface area contributed by atoms with Crippen molar-refractivity contribution in [3.8, 4) is 0 Å². The molecule has 0 atom stereocenters. The van der Waals surface area contributed by atoms with Crippen LogP contribution >= 0.6 is 22.7 Å². The SMILES string of the molecule is Cc1cc(C)c(C(=O)c2cc3c(s2)CCC3)s1. The molecule has 0 saturated heterocycles. The van der Waals surface area contributed by atoms with Gasteiger partial charge in [0.15, 0.2) is 0 Å². The summed E-state index contributed by atoms with van der Waals surface area (Å²) in [5, 5.41) is 0. The topological polar surface area (TPSA) is 17.1 Å². The quantitative estimate of drug-likeness (QED) is 0.743. The van der Waals surface area contributed by atoms with Gasteiger partial charge < -0.3 is 0 Å². The Kier molecular flexibility index (Phi) is 2.68. The van der Waals surface area contributed by atoms with Crippen molar-refractivity contribution in [2.45, 2.75) is 33.1 Å². The predicted octanol–water partition coefficient (Wildman–Crippen LogP) is 4.15. The minimum absolute atomic E-state index is 0.222. The van der Waals surface area contributed by atoms with Gasteiger partial charge in [-0.15, -0.1) is 22.7 Å². The second-order valence-electron chi connectivity index (χ2n) is 4.61. The first-order valence-corrected chi connectivity index (χ1v) is 7.52. The van der Waals surface area contributed by atoms with E-state index >= 15 is 0 Å². The van der Waals surface area contributed by atoms with E-state index in [1.54, 1.807) is 22.7 Å². The second kappa shape index (κ2) is 4.07. The van der Waals surface area contributed by atoms with Crippen LogP contribution < -0.4 is 0 Å². The second-order valence-corrected chi connectivity index (χ2v) is 7.00. The van der Waals surface area contributed by atoms with Crippen molar-refractivity contribution in [2.75, 3.05) is 0 Å². The summed E-state index contributed by atoms with van der Waals surface area (Å²) in [4.78, 5) is 16.9. The van der Waals surface area contributed by atoms with E-state index in [0.29, 0.717) is 0 Å². The van der Waals surface area contributed by atoms with Gasteiger partial charge in [-0.05, 0) is 56.4 Å². The van der Waals surface area contributed by atoms with Gasteiger partial charge in [0.05, 0.1) is 9.75 Å². The van der Waals surface area contributed by atoms with E-state index in [2.05, 4.69) is 19.1 Å². The molecular formula is C14H14OS2. The van der Waals surface area contributed by atoms with Gasteiger partial charge in [-0.2, -0.15) is 0 Å². The van der Waals surface area contributed by atoms with Crippen LogP contribution in [0.15, 0.2) is 12.1 Å². The number of ketones is 1. The van der Waals surface area contributed by atoms with Gasteiger partial charge >= 0.3 is 0 Å². The summed E-state index contributed by atoms with van der Waals surface area (Å²) in [6.45, 7) is 4.08. The number of fused-ring (bicyclic) bond motifs is 1. The average molecular weight is 262 g/mol. The summed E-state index contributed by atoms with van der Waals surface area (Å²) in [7, 11) is 0. The van der Waals surface area contributed by atoms with E-state index in [-0.39, 0.29) is 5.78 Å². The number of hydrogen-bond donors (Lipinski definition) is 0. The summed E-state index contributed by atoms with van der Waals surface area (Å²) in [5.74, 6) is 0.222. The molecule has 0 spiro atoms. The molecule has 3 rings (SSSR count). The Labute approximate surface area is 109 Å². The lowest BCUT2D eigenvalue weighted by atomic mass is 10.1. The van der Waals surface area contributed by atoms with Crippen LogP contribution in [0.1, 0.15) is 41.9 Å². The minimum atomic E-state index is 0.222. The molecule has 0 unspecified atom stereocenters. The van der Waals surface area contributed by atoms with E-state index < -0.39 is 0 Å². The van der Waals surface area contributed by atoms with Crippen molar-refractivity contribution in [2.24, 2.45) is 0 Å².